The molecule has 2 N–H and O–H groups in total. The minimum atomic E-state index is -0.175. The normalized spacial score (nSPS) is 19.0. The summed E-state index contributed by atoms with van der Waals surface area (Å²) in [6.45, 7) is 7.40. The number of nitrogens with one attached hydrogen (secondary N) is 2. The molecule has 1 fully saturated rings. The molecule has 1 saturated heterocycles. The number of amides is 2. The maximum absolute atomic E-state index is 12.0. The first-order valence-corrected chi connectivity index (χ1v) is 8.02. The topological polar surface area (TPSA) is 53.6 Å². The van der Waals surface area contributed by atoms with Gasteiger partial charge in [0.15, 0.2) is 0 Å². The second-order valence-corrected chi connectivity index (χ2v) is 6.13. The lowest BCUT2D eigenvalue weighted by molar-refractivity contribution is 0.139. The summed E-state index contributed by atoms with van der Waals surface area (Å²) in [5, 5.41) is 5.83. The van der Waals surface area contributed by atoms with Crippen LogP contribution in [0.3, 0.4) is 0 Å². The van der Waals surface area contributed by atoms with Gasteiger partial charge in [0, 0.05) is 19.1 Å². The van der Waals surface area contributed by atoms with Crippen molar-refractivity contribution in [2.24, 2.45) is 5.92 Å². The van der Waals surface area contributed by atoms with Gasteiger partial charge < -0.3 is 20.3 Å². The van der Waals surface area contributed by atoms with Crippen LogP contribution >= 0.6 is 0 Å². The van der Waals surface area contributed by atoms with Crippen LogP contribution in [0.25, 0.3) is 0 Å². The van der Waals surface area contributed by atoms with Gasteiger partial charge in [0.1, 0.15) is 5.75 Å². The molecule has 5 heteroatoms. The molecule has 0 bridgehead atoms. The number of anilines is 1. The van der Waals surface area contributed by atoms with E-state index in [0.717, 1.165) is 6.54 Å². The number of hydrogen-bond acceptors (Lipinski definition) is 3. The van der Waals surface area contributed by atoms with Gasteiger partial charge in [0.05, 0.1) is 12.8 Å². The predicted octanol–water partition coefficient (Wildman–Crippen LogP) is 2.94. The van der Waals surface area contributed by atoms with E-state index in [-0.39, 0.29) is 6.03 Å². The minimum absolute atomic E-state index is 0.175. The zero-order valence-electron chi connectivity index (χ0n) is 13.8. The number of rotatable bonds is 5. The Labute approximate surface area is 133 Å². The molecular weight excluding hydrogens is 278 g/mol. The predicted molar refractivity (Wildman–Crippen MR) is 89.4 cm³/mol. The van der Waals surface area contributed by atoms with Gasteiger partial charge in [-0.2, -0.15) is 0 Å². The molecule has 0 radical (unpaired) electrons. The van der Waals surface area contributed by atoms with Crippen LogP contribution in [0.1, 0.15) is 26.7 Å². The summed E-state index contributed by atoms with van der Waals surface area (Å²) in [6, 6.07) is 7.82. The molecule has 1 unspecified atom stereocenters. The number of piperidine rings is 1. The van der Waals surface area contributed by atoms with Gasteiger partial charge in [-0.1, -0.05) is 12.1 Å². The van der Waals surface area contributed by atoms with E-state index in [9.17, 15) is 4.79 Å². The summed E-state index contributed by atoms with van der Waals surface area (Å²) in [5.74, 6) is 1.20. The molecule has 2 rings (SSSR count). The SMILES string of the molecule is COc1ccccc1NC(=O)NCC1CCCN(C(C)C)C1. The fraction of sp³-hybridized carbons (Fsp3) is 0.588. The van der Waals surface area contributed by atoms with Crippen LogP contribution in [0.4, 0.5) is 10.5 Å². The van der Waals surface area contributed by atoms with Gasteiger partial charge in [-0.25, -0.2) is 4.79 Å². The highest BCUT2D eigenvalue weighted by molar-refractivity contribution is 5.90. The van der Waals surface area contributed by atoms with Crippen LogP contribution in [0.15, 0.2) is 24.3 Å². The third kappa shape index (κ3) is 4.63. The fourth-order valence-electron chi connectivity index (χ4n) is 2.88. The van der Waals surface area contributed by atoms with Crippen LogP contribution in [0.5, 0.6) is 5.75 Å². The number of para-hydroxylation sites is 2. The largest absolute Gasteiger partial charge is 0.495 e. The van der Waals surface area contributed by atoms with Crippen molar-refractivity contribution in [3.05, 3.63) is 24.3 Å². The van der Waals surface area contributed by atoms with E-state index in [1.54, 1.807) is 7.11 Å². The highest BCUT2D eigenvalue weighted by Gasteiger charge is 2.22. The van der Waals surface area contributed by atoms with E-state index in [4.69, 9.17) is 4.74 Å². The Hall–Kier alpha value is -1.75. The van der Waals surface area contributed by atoms with Gasteiger partial charge in [0.2, 0.25) is 0 Å². The maximum atomic E-state index is 12.0. The monoisotopic (exact) mass is 305 g/mol. The number of benzene rings is 1. The molecule has 22 heavy (non-hydrogen) atoms. The molecule has 1 aromatic carbocycles. The van der Waals surface area contributed by atoms with Crippen LogP contribution < -0.4 is 15.4 Å². The Morgan fingerprint density at radius 3 is 2.91 bits per heavy atom. The van der Waals surface area contributed by atoms with Crippen molar-refractivity contribution >= 4 is 11.7 Å². The van der Waals surface area contributed by atoms with Gasteiger partial charge in [-0.05, 0) is 51.3 Å². The van der Waals surface area contributed by atoms with E-state index in [2.05, 4.69) is 29.4 Å². The first kappa shape index (κ1) is 16.6. The van der Waals surface area contributed by atoms with Crippen molar-refractivity contribution < 1.29 is 9.53 Å². The minimum Gasteiger partial charge on any atom is -0.495 e. The Morgan fingerprint density at radius 1 is 1.41 bits per heavy atom. The Morgan fingerprint density at radius 2 is 2.18 bits per heavy atom. The average Bonchev–Trinajstić information content (AvgIpc) is 2.53. The molecule has 1 aliphatic heterocycles. The molecular formula is C17H27N3O2. The number of nitrogens with zero attached hydrogens (tertiary/aromatic N) is 1. The number of urea groups is 1. The molecule has 0 aromatic heterocycles. The molecule has 1 atom stereocenters. The van der Waals surface area contributed by atoms with Crippen molar-refractivity contribution in [3.63, 3.8) is 0 Å². The number of methoxy groups -OCH3 is 1. The van der Waals surface area contributed by atoms with Crippen molar-refractivity contribution in [1.29, 1.82) is 0 Å². The van der Waals surface area contributed by atoms with Crippen LogP contribution in [-0.4, -0.2) is 43.7 Å². The molecule has 122 valence electrons. The van der Waals surface area contributed by atoms with Crippen molar-refractivity contribution in [2.45, 2.75) is 32.7 Å². The molecule has 0 saturated carbocycles. The third-order valence-electron chi connectivity index (χ3n) is 4.19. The summed E-state index contributed by atoms with van der Waals surface area (Å²) in [5.41, 5.74) is 0.690. The Balaban J connectivity index is 1.80. The molecule has 0 spiro atoms. The van der Waals surface area contributed by atoms with E-state index >= 15 is 0 Å². The Kier molecular flexibility index (Phi) is 6.07. The van der Waals surface area contributed by atoms with Crippen molar-refractivity contribution in [1.82, 2.24) is 10.2 Å². The van der Waals surface area contributed by atoms with Crippen LogP contribution in [0.2, 0.25) is 0 Å². The molecule has 1 heterocycles. The van der Waals surface area contributed by atoms with Gasteiger partial charge >= 0.3 is 6.03 Å². The second-order valence-electron chi connectivity index (χ2n) is 6.13. The summed E-state index contributed by atoms with van der Waals surface area (Å²) < 4.78 is 5.23. The molecule has 1 aliphatic rings. The van der Waals surface area contributed by atoms with Gasteiger partial charge in [-0.3, -0.25) is 0 Å². The number of carbonyl (C=O) groups is 1. The number of ether oxygens (including phenoxy) is 1. The lowest BCUT2D eigenvalue weighted by atomic mass is 9.97. The van der Waals surface area contributed by atoms with Gasteiger partial charge in [-0.15, -0.1) is 0 Å². The zero-order valence-corrected chi connectivity index (χ0v) is 13.8. The van der Waals surface area contributed by atoms with E-state index in [1.807, 2.05) is 24.3 Å². The first-order chi connectivity index (χ1) is 10.6. The number of likely N-dealkylation sites (tertiary alicyclic amines) is 1. The molecule has 2 amide bonds. The number of hydrogen-bond donors (Lipinski definition) is 2. The third-order valence-corrected chi connectivity index (χ3v) is 4.19. The van der Waals surface area contributed by atoms with Crippen LogP contribution in [-0.2, 0) is 0 Å². The summed E-state index contributed by atoms with van der Waals surface area (Å²) in [6.07, 6.45) is 2.39. The smallest absolute Gasteiger partial charge is 0.319 e. The van der Waals surface area contributed by atoms with E-state index in [1.165, 1.54) is 19.4 Å². The van der Waals surface area contributed by atoms with Crippen molar-refractivity contribution in [2.75, 3.05) is 32.1 Å². The van der Waals surface area contributed by atoms with Crippen LogP contribution in [0, 0.1) is 5.92 Å². The molecule has 1 aromatic rings. The van der Waals surface area contributed by atoms with Gasteiger partial charge in [0.25, 0.3) is 0 Å². The molecule has 0 aliphatic carbocycles. The summed E-state index contributed by atoms with van der Waals surface area (Å²) in [4.78, 5) is 14.5. The lowest BCUT2D eigenvalue weighted by Crippen LogP contribution is -2.44. The average molecular weight is 305 g/mol. The zero-order chi connectivity index (χ0) is 15.9. The standard InChI is InChI=1S/C17H27N3O2/c1-13(2)20-10-6-7-14(12-20)11-18-17(21)19-15-8-4-5-9-16(15)22-3/h4-5,8-9,13-14H,6-7,10-12H2,1-3H3,(H2,18,19,21). The van der Waals surface area contributed by atoms with E-state index < -0.39 is 0 Å². The Bertz CT molecular complexity index is 491. The second kappa shape index (κ2) is 8.03. The summed E-state index contributed by atoms with van der Waals surface area (Å²) >= 11 is 0. The highest BCUT2D eigenvalue weighted by Crippen LogP contribution is 2.23. The molecule has 5 nitrogen and oxygen atoms in total. The fourth-order valence-corrected chi connectivity index (χ4v) is 2.88. The lowest BCUT2D eigenvalue weighted by Gasteiger charge is -2.35. The van der Waals surface area contributed by atoms with Crippen molar-refractivity contribution in [3.8, 4) is 5.75 Å². The highest BCUT2D eigenvalue weighted by atomic mass is 16.5. The quantitative estimate of drug-likeness (QED) is 0.879. The van der Waals surface area contributed by atoms with E-state index in [0.29, 0.717) is 29.9 Å². The maximum Gasteiger partial charge on any atom is 0.319 e. The number of carbonyl (C=O) groups excluding carboxylic acids is 1. The summed E-state index contributed by atoms with van der Waals surface area (Å²) in [7, 11) is 1.60. The first-order valence-electron chi connectivity index (χ1n) is 8.02.